The average molecular weight is 341 g/mol. The molecule has 4 nitrogen and oxygen atoms in total. The molecule has 1 aliphatic rings. The summed E-state index contributed by atoms with van der Waals surface area (Å²) in [6.45, 7) is 4.01. The van der Waals surface area contributed by atoms with E-state index in [2.05, 4.69) is 35.6 Å². The van der Waals surface area contributed by atoms with Gasteiger partial charge >= 0.3 is 0 Å². The lowest BCUT2D eigenvalue weighted by Crippen LogP contribution is -2.38. The fourth-order valence-electron chi connectivity index (χ4n) is 3.36. The summed E-state index contributed by atoms with van der Waals surface area (Å²) in [5.41, 5.74) is 1.42. The van der Waals surface area contributed by atoms with Crippen LogP contribution in [0.4, 0.5) is 0 Å². The molecule has 3 rings (SSSR count). The first-order valence-corrected chi connectivity index (χ1v) is 8.97. The SMILES string of the molecule is COc1ccc(OCCOCC2CNCCC2c2ccccc2)cc1. The third-order valence-electron chi connectivity index (χ3n) is 4.72. The van der Waals surface area contributed by atoms with Crippen LogP contribution in [0.15, 0.2) is 54.6 Å². The molecule has 0 saturated carbocycles. The van der Waals surface area contributed by atoms with Crippen LogP contribution in [-0.4, -0.2) is 40.0 Å². The van der Waals surface area contributed by atoms with Gasteiger partial charge in [-0.3, -0.25) is 0 Å². The maximum atomic E-state index is 5.90. The molecule has 1 aliphatic heterocycles. The molecule has 1 N–H and O–H groups in total. The summed E-state index contributed by atoms with van der Waals surface area (Å²) < 4.78 is 16.8. The Morgan fingerprint density at radius 3 is 2.48 bits per heavy atom. The highest BCUT2D eigenvalue weighted by atomic mass is 16.5. The lowest BCUT2D eigenvalue weighted by atomic mass is 9.81. The summed E-state index contributed by atoms with van der Waals surface area (Å²) in [6.07, 6.45) is 1.17. The molecule has 2 aromatic carbocycles. The van der Waals surface area contributed by atoms with Crippen molar-refractivity contribution in [2.45, 2.75) is 12.3 Å². The van der Waals surface area contributed by atoms with Crippen molar-refractivity contribution in [3.8, 4) is 11.5 Å². The number of ether oxygens (including phenoxy) is 3. The Morgan fingerprint density at radius 1 is 0.960 bits per heavy atom. The topological polar surface area (TPSA) is 39.7 Å². The first kappa shape index (κ1) is 17.8. The third kappa shape index (κ3) is 5.21. The van der Waals surface area contributed by atoms with Gasteiger partial charge in [-0.25, -0.2) is 0 Å². The molecule has 2 aromatic rings. The molecule has 0 aliphatic carbocycles. The van der Waals surface area contributed by atoms with E-state index in [-0.39, 0.29) is 0 Å². The fraction of sp³-hybridized carbons (Fsp3) is 0.429. The summed E-state index contributed by atoms with van der Waals surface area (Å²) in [6, 6.07) is 18.4. The van der Waals surface area contributed by atoms with Crippen molar-refractivity contribution in [3.05, 3.63) is 60.2 Å². The van der Waals surface area contributed by atoms with E-state index in [4.69, 9.17) is 14.2 Å². The van der Waals surface area contributed by atoms with Gasteiger partial charge < -0.3 is 19.5 Å². The minimum absolute atomic E-state index is 0.511. The minimum atomic E-state index is 0.511. The molecular formula is C21H27NO3. The van der Waals surface area contributed by atoms with Crippen LogP contribution in [0.5, 0.6) is 11.5 Å². The summed E-state index contributed by atoms with van der Waals surface area (Å²) in [5, 5.41) is 3.49. The molecular weight excluding hydrogens is 314 g/mol. The summed E-state index contributed by atoms with van der Waals surface area (Å²) in [4.78, 5) is 0. The molecule has 134 valence electrons. The molecule has 1 heterocycles. The lowest BCUT2D eigenvalue weighted by molar-refractivity contribution is 0.0604. The zero-order valence-electron chi connectivity index (χ0n) is 14.8. The highest BCUT2D eigenvalue weighted by Gasteiger charge is 2.26. The maximum absolute atomic E-state index is 5.90. The van der Waals surface area contributed by atoms with Crippen molar-refractivity contribution in [3.63, 3.8) is 0 Å². The lowest BCUT2D eigenvalue weighted by Gasteiger charge is -2.32. The molecule has 25 heavy (non-hydrogen) atoms. The fourth-order valence-corrected chi connectivity index (χ4v) is 3.36. The van der Waals surface area contributed by atoms with E-state index < -0.39 is 0 Å². The van der Waals surface area contributed by atoms with Crippen LogP contribution in [0.3, 0.4) is 0 Å². The van der Waals surface area contributed by atoms with Crippen molar-refractivity contribution in [2.24, 2.45) is 5.92 Å². The molecule has 1 fully saturated rings. The average Bonchev–Trinajstić information content (AvgIpc) is 2.69. The number of benzene rings is 2. The van der Waals surface area contributed by atoms with Crippen molar-refractivity contribution in [2.75, 3.05) is 40.0 Å². The number of piperidine rings is 1. The molecule has 2 unspecified atom stereocenters. The smallest absolute Gasteiger partial charge is 0.119 e. The summed E-state index contributed by atoms with van der Waals surface area (Å²) in [5.74, 6) is 2.76. The summed E-state index contributed by atoms with van der Waals surface area (Å²) >= 11 is 0. The van der Waals surface area contributed by atoms with E-state index in [0.717, 1.165) is 31.2 Å². The van der Waals surface area contributed by atoms with Gasteiger partial charge in [0, 0.05) is 12.5 Å². The van der Waals surface area contributed by atoms with E-state index in [1.54, 1.807) is 7.11 Å². The second kappa shape index (κ2) is 9.44. The largest absolute Gasteiger partial charge is 0.497 e. The normalized spacial score (nSPS) is 20.2. The highest BCUT2D eigenvalue weighted by Crippen LogP contribution is 2.30. The van der Waals surface area contributed by atoms with Crippen LogP contribution >= 0.6 is 0 Å². The van der Waals surface area contributed by atoms with Crippen molar-refractivity contribution < 1.29 is 14.2 Å². The van der Waals surface area contributed by atoms with Crippen molar-refractivity contribution >= 4 is 0 Å². The monoisotopic (exact) mass is 341 g/mol. The predicted molar refractivity (Wildman–Crippen MR) is 99.5 cm³/mol. The van der Waals surface area contributed by atoms with Crippen LogP contribution in [0.1, 0.15) is 17.9 Å². The van der Waals surface area contributed by atoms with Gasteiger partial charge in [-0.1, -0.05) is 30.3 Å². The molecule has 0 amide bonds. The third-order valence-corrected chi connectivity index (χ3v) is 4.72. The molecule has 4 heteroatoms. The van der Waals surface area contributed by atoms with Crippen molar-refractivity contribution in [1.82, 2.24) is 5.32 Å². The molecule has 0 spiro atoms. The van der Waals surface area contributed by atoms with Crippen LogP contribution in [-0.2, 0) is 4.74 Å². The van der Waals surface area contributed by atoms with E-state index in [0.29, 0.717) is 25.0 Å². The number of hydrogen-bond donors (Lipinski definition) is 1. The molecule has 0 radical (unpaired) electrons. The van der Waals surface area contributed by atoms with Gasteiger partial charge in [0.15, 0.2) is 0 Å². The van der Waals surface area contributed by atoms with Gasteiger partial charge in [0.2, 0.25) is 0 Å². The van der Waals surface area contributed by atoms with Gasteiger partial charge in [0.25, 0.3) is 0 Å². The quantitative estimate of drug-likeness (QED) is 0.746. The second-order valence-corrected chi connectivity index (χ2v) is 6.37. The first-order valence-electron chi connectivity index (χ1n) is 8.97. The predicted octanol–water partition coefficient (Wildman–Crippen LogP) is 3.48. The standard InChI is InChI=1S/C21H27NO3/c1-23-19-7-9-20(10-8-19)25-14-13-24-16-18-15-22-12-11-21(18)17-5-3-2-4-6-17/h2-10,18,21-22H,11-16H2,1H3. The summed E-state index contributed by atoms with van der Waals surface area (Å²) in [7, 11) is 1.66. The van der Waals surface area contributed by atoms with E-state index in [9.17, 15) is 0 Å². The Morgan fingerprint density at radius 2 is 1.72 bits per heavy atom. The number of methoxy groups -OCH3 is 1. The first-order chi connectivity index (χ1) is 12.4. The zero-order chi connectivity index (χ0) is 17.3. The van der Waals surface area contributed by atoms with E-state index in [1.807, 2.05) is 24.3 Å². The van der Waals surface area contributed by atoms with Crippen LogP contribution < -0.4 is 14.8 Å². The van der Waals surface area contributed by atoms with Gasteiger partial charge in [0.1, 0.15) is 18.1 Å². The molecule has 1 saturated heterocycles. The Labute approximate surface area is 150 Å². The van der Waals surface area contributed by atoms with Gasteiger partial charge in [0.05, 0.1) is 20.3 Å². The Kier molecular flexibility index (Phi) is 6.71. The Balaban J connectivity index is 1.41. The molecule has 0 aromatic heterocycles. The molecule has 0 bridgehead atoms. The number of hydrogen-bond acceptors (Lipinski definition) is 4. The highest BCUT2D eigenvalue weighted by molar-refractivity contribution is 5.31. The number of rotatable bonds is 8. The maximum Gasteiger partial charge on any atom is 0.119 e. The van der Waals surface area contributed by atoms with Crippen molar-refractivity contribution in [1.29, 1.82) is 0 Å². The minimum Gasteiger partial charge on any atom is -0.497 e. The Hall–Kier alpha value is -2.04. The van der Waals surface area contributed by atoms with Gasteiger partial charge in [-0.05, 0) is 48.7 Å². The van der Waals surface area contributed by atoms with Gasteiger partial charge in [-0.15, -0.1) is 0 Å². The number of nitrogens with one attached hydrogen (secondary N) is 1. The van der Waals surface area contributed by atoms with Crippen LogP contribution in [0.25, 0.3) is 0 Å². The molecule has 2 atom stereocenters. The van der Waals surface area contributed by atoms with Crippen LogP contribution in [0.2, 0.25) is 0 Å². The van der Waals surface area contributed by atoms with Gasteiger partial charge in [-0.2, -0.15) is 0 Å². The Bertz CT molecular complexity index is 615. The van der Waals surface area contributed by atoms with E-state index in [1.165, 1.54) is 12.0 Å². The van der Waals surface area contributed by atoms with E-state index >= 15 is 0 Å². The second-order valence-electron chi connectivity index (χ2n) is 6.37. The zero-order valence-corrected chi connectivity index (χ0v) is 14.8. The van der Waals surface area contributed by atoms with Crippen LogP contribution in [0, 0.1) is 5.92 Å².